The molecule has 0 aliphatic heterocycles. The van der Waals surface area contributed by atoms with Gasteiger partial charge in [-0.15, -0.1) is 0 Å². The van der Waals surface area contributed by atoms with Crippen molar-refractivity contribution in [3.63, 3.8) is 0 Å². The lowest BCUT2D eigenvalue weighted by Crippen LogP contribution is -1.96. The Morgan fingerprint density at radius 3 is 2.70 bits per heavy atom. The molecule has 4 N–H and O–H groups in total. The van der Waals surface area contributed by atoms with Gasteiger partial charge in [0.05, 0.1) is 17.4 Å². The molecule has 1 rings (SSSR count). The summed E-state index contributed by atoms with van der Waals surface area (Å²) in [5, 5.41) is 8.42. The number of hydrogen-bond donors (Lipinski definition) is 2. The van der Waals surface area contributed by atoms with Crippen molar-refractivity contribution in [1.82, 2.24) is 4.98 Å². The van der Waals surface area contributed by atoms with Gasteiger partial charge in [0.2, 0.25) is 0 Å². The molecule has 0 aliphatic rings. The van der Waals surface area contributed by atoms with Crippen molar-refractivity contribution < 1.29 is 0 Å². The monoisotopic (exact) mass is 134 g/mol. The molecular weight excluding hydrogens is 128 g/mol. The van der Waals surface area contributed by atoms with Crippen molar-refractivity contribution in [3.8, 4) is 6.07 Å². The van der Waals surface area contributed by atoms with Crippen LogP contribution in [0.3, 0.4) is 0 Å². The summed E-state index contributed by atoms with van der Waals surface area (Å²) in [6.45, 7) is 0. The fraction of sp³-hybridized carbons (Fsp3) is 0. The third-order valence-electron chi connectivity index (χ3n) is 1.06. The lowest BCUT2D eigenvalue weighted by atomic mass is 10.2. The minimum absolute atomic E-state index is 0.219. The minimum Gasteiger partial charge on any atom is -0.397 e. The molecule has 1 aromatic heterocycles. The first-order valence-electron chi connectivity index (χ1n) is 2.65. The number of rotatable bonds is 0. The van der Waals surface area contributed by atoms with Crippen molar-refractivity contribution in [1.29, 1.82) is 5.26 Å². The van der Waals surface area contributed by atoms with Crippen molar-refractivity contribution in [2.45, 2.75) is 0 Å². The number of nitriles is 1. The third-order valence-corrected chi connectivity index (χ3v) is 1.06. The Hall–Kier alpha value is -1.76. The van der Waals surface area contributed by atoms with E-state index in [0.717, 1.165) is 0 Å². The van der Waals surface area contributed by atoms with Crippen LogP contribution in [0.5, 0.6) is 0 Å². The van der Waals surface area contributed by atoms with Gasteiger partial charge < -0.3 is 11.5 Å². The quantitative estimate of drug-likeness (QED) is 0.527. The van der Waals surface area contributed by atoms with E-state index in [1.165, 1.54) is 12.3 Å². The van der Waals surface area contributed by atoms with E-state index in [9.17, 15) is 0 Å². The largest absolute Gasteiger partial charge is 0.397 e. The SMILES string of the molecule is N#Cc1cc(N)cnc1N. The van der Waals surface area contributed by atoms with E-state index in [1.54, 1.807) is 0 Å². The molecular formula is C6H6N4. The van der Waals surface area contributed by atoms with E-state index >= 15 is 0 Å². The number of anilines is 2. The van der Waals surface area contributed by atoms with Gasteiger partial charge >= 0.3 is 0 Å². The number of nitrogen functional groups attached to an aromatic ring is 2. The van der Waals surface area contributed by atoms with Crippen LogP contribution >= 0.6 is 0 Å². The van der Waals surface area contributed by atoms with Gasteiger partial charge in [-0.1, -0.05) is 0 Å². The van der Waals surface area contributed by atoms with Crippen LogP contribution < -0.4 is 11.5 Å². The average molecular weight is 134 g/mol. The average Bonchev–Trinajstić information content (AvgIpc) is 1.94. The molecule has 0 unspecified atom stereocenters. The fourth-order valence-corrected chi connectivity index (χ4v) is 0.581. The topological polar surface area (TPSA) is 88.7 Å². The number of aromatic nitrogens is 1. The predicted octanol–water partition coefficient (Wildman–Crippen LogP) is 0.118. The normalized spacial score (nSPS) is 8.70. The van der Waals surface area contributed by atoms with E-state index in [2.05, 4.69) is 4.98 Å². The van der Waals surface area contributed by atoms with E-state index in [0.29, 0.717) is 11.3 Å². The second-order valence-electron chi connectivity index (χ2n) is 1.81. The molecule has 4 nitrogen and oxygen atoms in total. The van der Waals surface area contributed by atoms with Crippen LogP contribution in [0.15, 0.2) is 12.3 Å². The Labute approximate surface area is 58.1 Å². The molecule has 1 heterocycles. The Morgan fingerprint density at radius 2 is 2.20 bits per heavy atom. The number of pyridine rings is 1. The maximum absolute atomic E-state index is 8.42. The lowest BCUT2D eigenvalue weighted by Gasteiger charge is -1.95. The molecule has 0 radical (unpaired) electrons. The molecule has 0 aliphatic carbocycles. The van der Waals surface area contributed by atoms with Crippen molar-refractivity contribution in [3.05, 3.63) is 17.8 Å². The molecule has 0 aromatic carbocycles. The maximum Gasteiger partial charge on any atom is 0.141 e. The van der Waals surface area contributed by atoms with E-state index in [1.807, 2.05) is 6.07 Å². The maximum atomic E-state index is 8.42. The number of hydrogen-bond acceptors (Lipinski definition) is 4. The molecule has 10 heavy (non-hydrogen) atoms. The van der Waals surface area contributed by atoms with Crippen molar-refractivity contribution >= 4 is 11.5 Å². The molecule has 0 spiro atoms. The summed E-state index contributed by atoms with van der Waals surface area (Å²) in [6, 6.07) is 3.36. The van der Waals surface area contributed by atoms with Crippen LogP contribution in [0.1, 0.15) is 5.56 Å². The predicted molar refractivity (Wildman–Crippen MR) is 37.8 cm³/mol. The molecule has 0 saturated heterocycles. The van der Waals surface area contributed by atoms with Crippen LogP contribution in [0.25, 0.3) is 0 Å². The van der Waals surface area contributed by atoms with Crippen LogP contribution in [-0.4, -0.2) is 4.98 Å². The van der Waals surface area contributed by atoms with Gasteiger partial charge in [-0.25, -0.2) is 4.98 Å². The van der Waals surface area contributed by atoms with Crippen LogP contribution in [-0.2, 0) is 0 Å². The van der Waals surface area contributed by atoms with E-state index in [-0.39, 0.29) is 5.82 Å². The van der Waals surface area contributed by atoms with E-state index < -0.39 is 0 Å². The van der Waals surface area contributed by atoms with Crippen LogP contribution in [0.2, 0.25) is 0 Å². The van der Waals surface area contributed by atoms with E-state index in [4.69, 9.17) is 16.7 Å². The van der Waals surface area contributed by atoms with Gasteiger partial charge in [-0.3, -0.25) is 0 Å². The zero-order chi connectivity index (χ0) is 7.56. The van der Waals surface area contributed by atoms with Gasteiger partial charge in [0.15, 0.2) is 0 Å². The second kappa shape index (κ2) is 2.23. The smallest absolute Gasteiger partial charge is 0.141 e. The minimum atomic E-state index is 0.219. The molecule has 0 fully saturated rings. The summed E-state index contributed by atoms with van der Waals surface area (Å²) >= 11 is 0. The summed E-state index contributed by atoms with van der Waals surface area (Å²) in [7, 11) is 0. The van der Waals surface area contributed by atoms with Crippen LogP contribution in [0.4, 0.5) is 11.5 Å². The second-order valence-corrected chi connectivity index (χ2v) is 1.81. The van der Waals surface area contributed by atoms with Gasteiger partial charge in [-0.05, 0) is 6.07 Å². The number of nitrogens with zero attached hydrogens (tertiary/aromatic N) is 2. The molecule has 0 amide bonds. The molecule has 1 aromatic rings. The van der Waals surface area contributed by atoms with Crippen LogP contribution in [0, 0.1) is 11.3 Å². The molecule has 0 bridgehead atoms. The Bertz CT molecular complexity index is 286. The Morgan fingerprint density at radius 1 is 1.50 bits per heavy atom. The molecule has 0 atom stereocenters. The van der Waals surface area contributed by atoms with Gasteiger partial charge in [0, 0.05) is 0 Å². The summed E-state index contributed by atoms with van der Waals surface area (Å²) < 4.78 is 0. The highest BCUT2D eigenvalue weighted by molar-refractivity contribution is 5.54. The first-order chi connectivity index (χ1) is 4.74. The van der Waals surface area contributed by atoms with Gasteiger partial charge in [-0.2, -0.15) is 5.26 Å². The Balaban J connectivity index is 3.25. The highest BCUT2D eigenvalue weighted by atomic mass is 14.8. The first kappa shape index (κ1) is 6.36. The number of nitrogens with two attached hydrogens (primary N) is 2. The fourth-order valence-electron chi connectivity index (χ4n) is 0.581. The Kier molecular flexibility index (Phi) is 1.42. The van der Waals surface area contributed by atoms with Crippen molar-refractivity contribution in [2.24, 2.45) is 0 Å². The summed E-state index contributed by atoms with van der Waals surface area (Å²) in [4.78, 5) is 3.68. The van der Waals surface area contributed by atoms with Gasteiger partial charge in [0.1, 0.15) is 11.9 Å². The molecule has 4 heteroatoms. The molecule has 50 valence electrons. The van der Waals surface area contributed by atoms with Gasteiger partial charge in [0.25, 0.3) is 0 Å². The highest BCUT2D eigenvalue weighted by Gasteiger charge is 1.97. The standard InChI is InChI=1S/C6H6N4/c7-2-4-1-5(8)3-10-6(4)9/h1,3H,8H2,(H2,9,10). The zero-order valence-electron chi connectivity index (χ0n) is 5.20. The molecule has 0 saturated carbocycles. The summed E-state index contributed by atoms with van der Waals surface area (Å²) in [5.41, 5.74) is 11.4. The summed E-state index contributed by atoms with van der Waals surface area (Å²) in [6.07, 6.45) is 1.41. The lowest BCUT2D eigenvalue weighted by molar-refractivity contribution is 1.31. The van der Waals surface area contributed by atoms with Crippen molar-refractivity contribution in [2.75, 3.05) is 11.5 Å². The highest BCUT2D eigenvalue weighted by Crippen LogP contribution is 2.09. The third kappa shape index (κ3) is 0.977. The zero-order valence-corrected chi connectivity index (χ0v) is 5.20. The first-order valence-corrected chi connectivity index (χ1v) is 2.65. The summed E-state index contributed by atoms with van der Waals surface area (Å²) in [5.74, 6) is 0.219.